The molecule has 32 heavy (non-hydrogen) atoms. The zero-order valence-electron chi connectivity index (χ0n) is 18.8. The highest BCUT2D eigenvalue weighted by Crippen LogP contribution is 2.34. The zero-order chi connectivity index (χ0) is 22.7. The Morgan fingerprint density at radius 3 is 2.53 bits per heavy atom. The second kappa shape index (κ2) is 9.46. The van der Waals surface area contributed by atoms with Gasteiger partial charge in [0, 0.05) is 63.7 Å². The van der Waals surface area contributed by atoms with Crippen molar-refractivity contribution < 1.29 is 9.18 Å². The minimum Gasteiger partial charge on any atom is -0.347 e. The minimum atomic E-state index is -0.267. The number of nitrogens with zero attached hydrogens (tertiary/aromatic N) is 6. The maximum absolute atomic E-state index is 13.4. The summed E-state index contributed by atoms with van der Waals surface area (Å²) in [7, 11) is 3.83. The summed E-state index contributed by atoms with van der Waals surface area (Å²) in [6.45, 7) is 3.73. The molecule has 8 heteroatoms. The van der Waals surface area contributed by atoms with E-state index in [-0.39, 0.29) is 17.6 Å². The zero-order valence-corrected chi connectivity index (χ0v) is 18.8. The van der Waals surface area contributed by atoms with Gasteiger partial charge in [-0.05, 0) is 30.5 Å². The molecule has 1 aromatic carbocycles. The van der Waals surface area contributed by atoms with Crippen molar-refractivity contribution in [1.29, 1.82) is 0 Å². The number of carbonyl (C=O) groups is 1. The van der Waals surface area contributed by atoms with E-state index in [1.165, 1.54) is 12.1 Å². The molecule has 0 aliphatic carbocycles. The normalized spacial score (nSPS) is 14.6. The van der Waals surface area contributed by atoms with Gasteiger partial charge >= 0.3 is 0 Å². The lowest BCUT2D eigenvalue weighted by atomic mass is 9.89. The first kappa shape index (κ1) is 21.9. The van der Waals surface area contributed by atoms with Gasteiger partial charge in [-0.3, -0.25) is 4.79 Å². The van der Waals surface area contributed by atoms with E-state index in [1.54, 1.807) is 18.3 Å². The number of hydrogen-bond donors (Lipinski definition) is 0. The number of benzene rings is 1. The van der Waals surface area contributed by atoms with Crippen molar-refractivity contribution in [2.75, 3.05) is 32.1 Å². The molecular weight excluding hydrogens is 407 g/mol. The average Bonchev–Trinajstić information content (AvgIpc) is 3.26. The van der Waals surface area contributed by atoms with Gasteiger partial charge < -0.3 is 14.4 Å². The van der Waals surface area contributed by atoms with Crippen LogP contribution in [0.1, 0.15) is 37.2 Å². The van der Waals surface area contributed by atoms with E-state index >= 15 is 0 Å². The summed E-state index contributed by atoms with van der Waals surface area (Å²) >= 11 is 0. The SMILES string of the molecule is CCc1nccn1CC(=O)N1CCC(c2nc(N(C)C)ncc2-c2ccc(F)cc2)CC1. The van der Waals surface area contributed by atoms with E-state index in [4.69, 9.17) is 4.98 Å². The molecule has 1 saturated heterocycles. The number of aryl methyl sites for hydroxylation is 1. The third-order valence-electron chi connectivity index (χ3n) is 6.02. The van der Waals surface area contributed by atoms with E-state index in [0.717, 1.165) is 41.9 Å². The number of imidazole rings is 1. The molecule has 0 atom stereocenters. The molecule has 0 saturated carbocycles. The van der Waals surface area contributed by atoms with Gasteiger partial charge in [-0.1, -0.05) is 19.1 Å². The van der Waals surface area contributed by atoms with Crippen LogP contribution in [0.5, 0.6) is 0 Å². The van der Waals surface area contributed by atoms with E-state index < -0.39 is 0 Å². The van der Waals surface area contributed by atoms with Crippen molar-refractivity contribution >= 4 is 11.9 Å². The molecule has 2 aromatic heterocycles. The predicted octanol–water partition coefficient (Wildman–Crippen LogP) is 3.51. The molecule has 1 fully saturated rings. The molecule has 3 heterocycles. The molecule has 3 aromatic rings. The van der Waals surface area contributed by atoms with Gasteiger partial charge in [0.15, 0.2) is 0 Å². The predicted molar refractivity (Wildman–Crippen MR) is 122 cm³/mol. The number of halogens is 1. The van der Waals surface area contributed by atoms with Crippen molar-refractivity contribution in [3.05, 3.63) is 60.2 Å². The molecule has 0 spiro atoms. The topological polar surface area (TPSA) is 67.2 Å². The number of piperidine rings is 1. The van der Waals surface area contributed by atoms with Gasteiger partial charge in [0.25, 0.3) is 0 Å². The lowest BCUT2D eigenvalue weighted by molar-refractivity contribution is -0.132. The molecule has 0 N–H and O–H groups in total. The van der Waals surface area contributed by atoms with Crippen LogP contribution in [-0.4, -0.2) is 57.5 Å². The van der Waals surface area contributed by atoms with E-state index in [0.29, 0.717) is 25.6 Å². The Hall–Kier alpha value is -3.29. The number of anilines is 1. The molecule has 0 radical (unpaired) electrons. The first-order valence-electron chi connectivity index (χ1n) is 11.0. The number of rotatable bonds is 6. The third-order valence-corrected chi connectivity index (χ3v) is 6.02. The fraction of sp³-hybridized carbons (Fsp3) is 0.417. The Morgan fingerprint density at radius 1 is 1.16 bits per heavy atom. The highest BCUT2D eigenvalue weighted by atomic mass is 19.1. The number of carbonyl (C=O) groups excluding carboxylic acids is 1. The number of hydrogen-bond acceptors (Lipinski definition) is 5. The van der Waals surface area contributed by atoms with Crippen LogP contribution in [0.25, 0.3) is 11.1 Å². The van der Waals surface area contributed by atoms with Crippen molar-refractivity contribution in [3.8, 4) is 11.1 Å². The van der Waals surface area contributed by atoms with Crippen LogP contribution in [0.4, 0.5) is 10.3 Å². The summed E-state index contributed by atoms with van der Waals surface area (Å²) in [6, 6.07) is 6.45. The lowest BCUT2D eigenvalue weighted by Crippen LogP contribution is -2.40. The van der Waals surface area contributed by atoms with Crippen LogP contribution in [-0.2, 0) is 17.8 Å². The van der Waals surface area contributed by atoms with E-state index in [1.807, 2.05) is 47.8 Å². The van der Waals surface area contributed by atoms with Crippen molar-refractivity contribution in [3.63, 3.8) is 0 Å². The van der Waals surface area contributed by atoms with E-state index in [9.17, 15) is 9.18 Å². The molecule has 168 valence electrons. The number of amides is 1. The Balaban J connectivity index is 1.51. The summed E-state index contributed by atoms with van der Waals surface area (Å²) < 4.78 is 15.4. The maximum atomic E-state index is 13.4. The van der Waals surface area contributed by atoms with Crippen LogP contribution >= 0.6 is 0 Å². The standard InChI is InChI=1S/C24H29FN6O/c1-4-21-26-11-14-31(21)16-22(32)30-12-9-18(10-13-30)23-20(15-27-24(28-23)29(2)3)17-5-7-19(25)8-6-17/h5-8,11,14-15,18H,4,9-10,12-13,16H2,1-3H3. The smallest absolute Gasteiger partial charge is 0.242 e. The monoisotopic (exact) mass is 436 g/mol. The summed E-state index contributed by atoms with van der Waals surface area (Å²) in [4.78, 5) is 30.3. The molecule has 4 rings (SSSR count). The highest BCUT2D eigenvalue weighted by molar-refractivity contribution is 5.76. The molecule has 1 aliphatic rings. The van der Waals surface area contributed by atoms with Gasteiger partial charge in [0.1, 0.15) is 18.2 Å². The van der Waals surface area contributed by atoms with Crippen molar-refractivity contribution in [2.24, 2.45) is 0 Å². The molecule has 1 amide bonds. The summed E-state index contributed by atoms with van der Waals surface area (Å²) in [6.07, 6.45) is 7.89. The quantitative estimate of drug-likeness (QED) is 0.592. The van der Waals surface area contributed by atoms with Gasteiger partial charge in [-0.15, -0.1) is 0 Å². The molecule has 1 aliphatic heterocycles. The second-order valence-corrected chi connectivity index (χ2v) is 8.35. The van der Waals surface area contributed by atoms with Crippen molar-refractivity contribution in [2.45, 2.75) is 38.6 Å². The first-order valence-corrected chi connectivity index (χ1v) is 11.0. The van der Waals surface area contributed by atoms with Crippen molar-refractivity contribution in [1.82, 2.24) is 24.4 Å². The van der Waals surface area contributed by atoms with E-state index in [2.05, 4.69) is 9.97 Å². The van der Waals surface area contributed by atoms with Gasteiger partial charge in [-0.2, -0.15) is 0 Å². The Kier molecular flexibility index (Phi) is 6.48. The maximum Gasteiger partial charge on any atom is 0.242 e. The fourth-order valence-electron chi connectivity index (χ4n) is 4.21. The number of likely N-dealkylation sites (tertiary alicyclic amines) is 1. The summed E-state index contributed by atoms with van der Waals surface area (Å²) in [5, 5.41) is 0. The van der Waals surface area contributed by atoms with Crippen LogP contribution in [0.3, 0.4) is 0 Å². The van der Waals surface area contributed by atoms with Gasteiger partial charge in [0.2, 0.25) is 11.9 Å². The molecule has 7 nitrogen and oxygen atoms in total. The van der Waals surface area contributed by atoms with Crippen LogP contribution in [0.2, 0.25) is 0 Å². The Bertz CT molecular complexity index is 1070. The average molecular weight is 437 g/mol. The molecule has 0 bridgehead atoms. The second-order valence-electron chi connectivity index (χ2n) is 8.35. The number of aromatic nitrogens is 4. The first-order chi connectivity index (χ1) is 15.5. The van der Waals surface area contributed by atoms with Crippen LogP contribution in [0, 0.1) is 5.82 Å². The fourth-order valence-corrected chi connectivity index (χ4v) is 4.21. The van der Waals surface area contributed by atoms with Crippen LogP contribution in [0.15, 0.2) is 42.9 Å². The van der Waals surface area contributed by atoms with Gasteiger partial charge in [-0.25, -0.2) is 19.3 Å². The minimum absolute atomic E-state index is 0.117. The molecular formula is C24H29FN6O. The van der Waals surface area contributed by atoms with Gasteiger partial charge in [0.05, 0.1) is 5.69 Å². The Morgan fingerprint density at radius 2 is 1.88 bits per heavy atom. The molecule has 0 unspecified atom stereocenters. The largest absolute Gasteiger partial charge is 0.347 e. The highest BCUT2D eigenvalue weighted by Gasteiger charge is 2.27. The Labute approximate surface area is 187 Å². The summed E-state index contributed by atoms with van der Waals surface area (Å²) in [5.41, 5.74) is 2.79. The summed E-state index contributed by atoms with van der Waals surface area (Å²) in [5.74, 6) is 1.63. The lowest BCUT2D eigenvalue weighted by Gasteiger charge is -2.33. The van der Waals surface area contributed by atoms with Crippen LogP contribution < -0.4 is 4.90 Å². The third kappa shape index (κ3) is 4.64.